The van der Waals surface area contributed by atoms with Crippen LogP contribution < -0.4 is 5.32 Å². The number of hydrogen-bond donors (Lipinski definition) is 2. The van der Waals surface area contributed by atoms with Crippen molar-refractivity contribution in [1.29, 1.82) is 0 Å². The molecule has 1 aromatic carbocycles. The minimum atomic E-state index is 0.0791. The van der Waals surface area contributed by atoms with Crippen molar-refractivity contribution in [3.8, 4) is 0 Å². The molecule has 1 aliphatic rings. The summed E-state index contributed by atoms with van der Waals surface area (Å²) in [5, 5.41) is 12.7. The second-order valence-electron chi connectivity index (χ2n) is 5.29. The van der Waals surface area contributed by atoms with Gasteiger partial charge in [0.2, 0.25) is 0 Å². The maximum Gasteiger partial charge on any atom is 0.0626 e. The average Bonchev–Trinajstić information content (AvgIpc) is 2.46. The Balaban J connectivity index is 2.03. The number of nitrogens with one attached hydrogen (secondary N) is 1. The molecule has 0 amide bonds. The Morgan fingerprint density at radius 3 is 2.39 bits per heavy atom. The molecule has 2 rings (SSSR count). The first-order valence-electron chi connectivity index (χ1n) is 7.29. The fourth-order valence-electron chi connectivity index (χ4n) is 2.97. The van der Waals surface area contributed by atoms with Gasteiger partial charge in [-0.1, -0.05) is 50.5 Å². The highest BCUT2D eigenvalue weighted by atomic mass is 16.3. The minimum Gasteiger partial charge on any atom is -0.394 e. The van der Waals surface area contributed by atoms with E-state index in [1.807, 2.05) is 0 Å². The van der Waals surface area contributed by atoms with Crippen molar-refractivity contribution in [2.45, 2.75) is 51.0 Å². The first kappa shape index (κ1) is 13.6. The molecule has 0 spiro atoms. The van der Waals surface area contributed by atoms with Crippen LogP contribution in [0.2, 0.25) is 0 Å². The highest BCUT2D eigenvalue weighted by Crippen LogP contribution is 2.32. The zero-order valence-electron chi connectivity index (χ0n) is 11.4. The number of rotatable bonds is 5. The Kier molecular flexibility index (Phi) is 5.21. The summed E-state index contributed by atoms with van der Waals surface area (Å²) >= 11 is 0. The van der Waals surface area contributed by atoms with Gasteiger partial charge in [0, 0.05) is 0 Å². The Morgan fingerprint density at radius 1 is 1.17 bits per heavy atom. The van der Waals surface area contributed by atoms with Crippen LogP contribution in [-0.2, 0) is 0 Å². The lowest BCUT2D eigenvalue weighted by molar-refractivity contribution is 0.246. The minimum absolute atomic E-state index is 0.0791. The van der Waals surface area contributed by atoms with E-state index in [-0.39, 0.29) is 12.6 Å². The molecular weight excluding hydrogens is 222 g/mol. The van der Waals surface area contributed by atoms with E-state index in [1.165, 1.54) is 43.2 Å². The lowest BCUT2D eigenvalue weighted by atomic mass is 9.84. The molecule has 0 bridgehead atoms. The van der Waals surface area contributed by atoms with E-state index in [0.717, 1.165) is 12.5 Å². The van der Waals surface area contributed by atoms with Crippen LogP contribution in [0.4, 0.5) is 0 Å². The average molecular weight is 247 g/mol. The summed E-state index contributed by atoms with van der Waals surface area (Å²) in [5.41, 5.74) is 2.67. The number of aliphatic hydroxyl groups excluding tert-OH is 1. The van der Waals surface area contributed by atoms with Gasteiger partial charge in [-0.15, -0.1) is 0 Å². The standard InChI is InChI=1S/C16H25NO/c1-2-17-16(12-18)15-10-8-14(9-11-15)13-6-4-3-5-7-13/h8-11,13,16-18H,2-7,12H2,1H3. The largest absolute Gasteiger partial charge is 0.394 e. The zero-order valence-corrected chi connectivity index (χ0v) is 11.4. The van der Waals surface area contributed by atoms with Gasteiger partial charge in [0.05, 0.1) is 12.6 Å². The Labute approximate surface area is 110 Å². The van der Waals surface area contributed by atoms with E-state index in [0.29, 0.717) is 0 Å². The molecule has 2 heteroatoms. The summed E-state index contributed by atoms with van der Waals surface area (Å²) < 4.78 is 0. The molecule has 1 fully saturated rings. The lowest BCUT2D eigenvalue weighted by Gasteiger charge is -2.23. The fraction of sp³-hybridized carbons (Fsp3) is 0.625. The molecule has 0 aliphatic heterocycles. The third kappa shape index (κ3) is 3.33. The molecule has 1 aliphatic carbocycles. The summed E-state index contributed by atoms with van der Waals surface area (Å²) in [6.07, 6.45) is 6.85. The van der Waals surface area contributed by atoms with Crippen LogP contribution in [0, 0.1) is 0 Å². The summed E-state index contributed by atoms with van der Waals surface area (Å²) in [6, 6.07) is 8.94. The fourth-order valence-corrected chi connectivity index (χ4v) is 2.97. The van der Waals surface area contributed by atoms with Gasteiger partial charge in [-0.2, -0.15) is 0 Å². The van der Waals surface area contributed by atoms with E-state index < -0.39 is 0 Å². The molecule has 2 nitrogen and oxygen atoms in total. The molecule has 1 saturated carbocycles. The molecule has 0 aromatic heterocycles. The normalized spacial score (nSPS) is 18.8. The van der Waals surface area contributed by atoms with Gasteiger partial charge in [-0.25, -0.2) is 0 Å². The van der Waals surface area contributed by atoms with Gasteiger partial charge in [0.1, 0.15) is 0 Å². The van der Waals surface area contributed by atoms with Crippen molar-refractivity contribution in [3.05, 3.63) is 35.4 Å². The van der Waals surface area contributed by atoms with E-state index in [9.17, 15) is 5.11 Å². The van der Waals surface area contributed by atoms with Crippen LogP contribution in [0.1, 0.15) is 62.1 Å². The number of likely N-dealkylation sites (N-methyl/N-ethyl adjacent to an activating group) is 1. The van der Waals surface area contributed by atoms with Crippen LogP contribution in [0.25, 0.3) is 0 Å². The van der Waals surface area contributed by atoms with Crippen molar-refractivity contribution in [3.63, 3.8) is 0 Å². The Bertz CT molecular complexity index is 317. The smallest absolute Gasteiger partial charge is 0.0626 e. The van der Waals surface area contributed by atoms with E-state index in [4.69, 9.17) is 0 Å². The van der Waals surface area contributed by atoms with Gasteiger partial charge >= 0.3 is 0 Å². The van der Waals surface area contributed by atoms with Gasteiger partial charge in [0.25, 0.3) is 0 Å². The summed E-state index contributed by atoms with van der Waals surface area (Å²) in [4.78, 5) is 0. The Morgan fingerprint density at radius 2 is 1.83 bits per heavy atom. The first-order chi connectivity index (χ1) is 8.85. The highest BCUT2D eigenvalue weighted by Gasteiger charge is 2.16. The third-order valence-electron chi connectivity index (χ3n) is 4.05. The molecule has 0 saturated heterocycles. The van der Waals surface area contributed by atoms with Crippen molar-refractivity contribution in [2.24, 2.45) is 0 Å². The molecule has 1 unspecified atom stereocenters. The maximum absolute atomic E-state index is 9.37. The van der Waals surface area contributed by atoms with E-state index in [2.05, 4.69) is 36.5 Å². The maximum atomic E-state index is 9.37. The van der Waals surface area contributed by atoms with Crippen LogP contribution in [0.15, 0.2) is 24.3 Å². The van der Waals surface area contributed by atoms with Gasteiger partial charge in [-0.05, 0) is 36.4 Å². The van der Waals surface area contributed by atoms with Crippen LogP contribution in [0.3, 0.4) is 0 Å². The van der Waals surface area contributed by atoms with Crippen molar-refractivity contribution >= 4 is 0 Å². The van der Waals surface area contributed by atoms with Crippen molar-refractivity contribution in [2.75, 3.05) is 13.2 Å². The summed E-state index contributed by atoms with van der Waals surface area (Å²) in [5.74, 6) is 0.763. The molecular formula is C16H25NO. The molecule has 0 radical (unpaired) electrons. The molecule has 2 N–H and O–H groups in total. The Hall–Kier alpha value is -0.860. The van der Waals surface area contributed by atoms with Crippen LogP contribution in [-0.4, -0.2) is 18.3 Å². The third-order valence-corrected chi connectivity index (χ3v) is 4.05. The van der Waals surface area contributed by atoms with Crippen molar-refractivity contribution < 1.29 is 5.11 Å². The molecule has 1 atom stereocenters. The predicted molar refractivity (Wildman–Crippen MR) is 75.8 cm³/mol. The van der Waals surface area contributed by atoms with Crippen LogP contribution >= 0.6 is 0 Å². The van der Waals surface area contributed by atoms with Gasteiger partial charge in [0.15, 0.2) is 0 Å². The topological polar surface area (TPSA) is 32.3 Å². The number of hydrogen-bond acceptors (Lipinski definition) is 2. The van der Waals surface area contributed by atoms with E-state index >= 15 is 0 Å². The highest BCUT2D eigenvalue weighted by molar-refractivity contribution is 5.27. The number of aliphatic hydroxyl groups is 1. The SMILES string of the molecule is CCNC(CO)c1ccc(C2CCCCC2)cc1. The molecule has 100 valence electrons. The van der Waals surface area contributed by atoms with Gasteiger partial charge in [-0.3, -0.25) is 0 Å². The first-order valence-corrected chi connectivity index (χ1v) is 7.29. The van der Waals surface area contributed by atoms with E-state index in [1.54, 1.807) is 0 Å². The summed E-state index contributed by atoms with van der Waals surface area (Å²) in [6.45, 7) is 3.12. The van der Waals surface area contributed by atoms with Crippen LogP contribution in [0.5, 0.6) is 0 Å². The van der Waals surface area contributed by atoms with Gasteiger partial charge < -0.3 is 10.4 Å². The monoisotopic (exact) mass is 247 g/mol. The quantitative estimate of drug-likeness (QED) is 0.836. The second kappa shape index (κ2) is 6.91. The zero-order chi connectivity index (χ0) is 12.8. The van der Waals surface area contributed by atoms with Crippen molar-refractivity contribution in [1.82, 2.24) is 5.32 Å². The second-order valence-corrected chi connectivity index (χ2v) is 5.29. The number of benzene rings is 1. The molecule has 18 heavy (non-hydrogen) atoms. The molecule has 0 heterocycles. The molecule has 1 aromatic rings. The summed E-state index contributed by atoms with van der Waals surface area (Å²) in [7, 11) is 0. The lowest BCUT2D eigenvalue weighted by Crippen LogP contribution is -2.23. The predicted octanol–water partition coefficient (Wildman–Crippen LogP) is 3.38.